The van der Waals surface area contributed by atoms with Gasteiger partial charge in [0.05, 0.1) is 17.3 Å². The zero-order valence-corrected chi connectivity index (χ0v) is 20.7. The van der Waals surface area contributed by atoms with Crippen LogP contribution in [0.3, 0.4) is 0 Å². The molecule has 4 fully saturated rings. The average molecular weight is 469 g/mol. The van der Waals surface area contributed by atoms with Crippen molar-refractivity contribution in [1.29, 1.82) is 0 Å². The maximum Gasteiger partial charge on any atom is 0.0974 e. The largest absolute Gasteiger partial charge is 0.390 e. The lowest BCUT2D eigenvalue weighted by molar-refractivity contribution is -0.147. The quantitative estimate of drug-likeness (QED) is 0.630. The molecule has 2 saturated heterocycles. The molecule has 2 saturated carbocycles. The Balaban J connectivity index is 1.14. The zero-order valence-electron chi connectivity index (χ0n) is 20.7. The van der Waals surface area contributed by atoms with Crippen LogP contribution in [0.5, 0.6) is 0 Å². The second-order valence-corrected chi connectivity index (χ2v) is 12.7. The van der Waals surface area contributed by atoms with Crippen molar-refractivity contribution in [1.82, 2.24) is 9.88 Å². The van der Waals surface area contributed by atoms with Crippen LogP contribution in [-0.2, 0) is 4.74 Å². The van der Waals surface area contributed by atoms with Crippen molar-refractivity contribution in [3.05, 3.63) is 65.5 Å². The highest BCUT2D eigenvalue weighted by Crippen LogP contribution is 2.69. The number of rotatable bonds is 2. The van der Waals surface area contributed by atoms with Crippen LogP contribution < -0.4 is 0 Å². The Morgan fingerprint density at radius 3 is 2.89 bits per heavy atom. The van der Waals surface area contributed by atoms with Gasteiger partial charge in [0.25, 0.3) is 0 Å². The molecule has 2 aromatic rings. The molecule has 8 rings (SSSR count). The highest BCUT2D eigenvalue weighted by molar-refractivity contribution is 5.82. The standard InChI is InChI=1S/C31H36N2O2/c1-29-10-8-24-15-23-4-5-25(33-18-26(34)19-33)16-30(23)11-12-31(24,35-30)28(29)7-6-27(29)21-3-2-20-9-13-32-17-22(20)14-21/h2-3,8-9,13-15,17,25-28,34H,4-7,10-12,16,18-19H2,1H3/t25?,27?,28-,29-,30-,31-/m1/s1. The van der Waals surface area contributed by atoms with E-state index in [0.717, 1.165) is 32.4 Å². The molecule has 6 atom stereocenters. The maximum absolute atomic E-state index is 9.88. The molecule has 0 radical (unpaired) electrons. The molecule has 1 aromatic heterocycles. The molecule has 182 valence electrons. The summed E-state index contributed by atoms with van der Waals surface area (Å²) in [6.07, 6.45) is 18.4. The van der Waals surface area contributed by atoms with Gasteiger partial charge in [0.2, 0.25) is 0 Å². The van der Waals surface area contributed by atoms with E-state index in [2.05, 4.69) is 53.2 Å². The van der Waals surface area contributed by atoms with Crippen molar-refractivity contribution in [3.63, 3.8) is 0 Å². The second kappa shape index (κ2) is 7.06. The maximum atomic E-state index is 9.88. The van der Waals surface area contributed by atoms with Crippen molar-refractivity contribution in [2.24, 2.45) is 11.3 Å². The minimum Gasteiger partial charge on any atom is -0.390 e. The number of β-amino-alcohol motifs (C(OH)–C–C–N with tert-alkyl or cyclic N) is 1. The minimum absolute atomic E-state index is 0.0637. The van der Waals surface area contributed by atoms with E-state index < -0.39 is 0 Å². The molecule has 1 N–H and O–H groups in total. The highest BCUT2D eigenvalue weighted by atomic mass is 16.5. The van der Waals surface area contributed by atoms with Gasteiger partial charge in [-0.2, -0.15) is 0 Å². The number of aromatic nitrogens is 1. The van der Waals surface area contributed by atoms with Crippen molar-refractivity contribution < 1.29 is 9.84 Å². The van der Waals surface area contributed by atoms with Gasteiger partial charge < -0.3 is 9.84 Å². The molecule has 6 aliphatic rings. The molecule has 2 spiro atoms. The summed E-state index contributed by atoms with van der Waals surface area (Å²) in [6, 6.07) is 9.75. The number of pyridine rings is 1. The van der Waals surface area contributed by atoms with Crippen molar-refractivity contribution in [3.8, 4) is 0 Å². The summed E-state index contributed by atoms with van der Waals surface area (Å²) < 4.78 is 7.45. The van der Waals surface area contributed by atoms with Gasteiger partial charge in [-0.3, -0.25) is 9.88 Å². The Morgan fingerprint density at radius 1 is 1.09 bits per heavy atom. The topological polar surface area (TPSA) is 45.6 Å². The van der Waals surface area contributed by atoms with Crippen LogP contribution >= 0.6 is 0 Å². The fourth-order valence-electron chi connectivity index (χ4n) is 9.35. The number of hydrogen-bond donors (Lipinski definition) is 1. The summed E-state index contributed by atoms with van der Waals surface area (Å²) in [7, 11) is 0. The van der Waals surface area contributed by atoms with Crippen LogP contribution in [-0.4, -0.2) is 51.4 Å². The van der Waals surface area contributed by atoms with E-state index >= 15 is 0 Å². The van der Waals surface area contributed by atoms with Gasteiger partial charge in [0, 0.05) is 36.9 Å². The Bertz CT molecular complexity index is 1280. The molecule has 1 aromatic carbocycles. The molecule has 35 heavy (non-hydrogen) atoms. The number of benzene rings is 1. The third kappa shape index (κ3) is 2.77. The minimum atomic E-state index is -0.124. The van der Waals surface area contributed by atoms with E-state index in [1.165, 1.54) is 54.0 Å². The SMILES string of the molecule is C[C@]12CC=C3C=C4CCC(N5CC(O)C5)C[C@]45CC[C@]3(O5)[C@@H]1CCC2c1ccc2ccncc2c1. The van der Waals surface area contributed by atoms with E-state index in [1.54, 1.807) is 5.57 Å². The van der Waals surface area contributed by atoms with Crippen LogP contribution in [0.25, 0.3) is 10.8 Å². The van der Waals surface area contributed by atoms with Gasteiger partial charge in [0.15, 0.2) is 0 Å². The van der Waals surface area contributed by atoms with Gasteiger partial charge in [0.1, 0.15) is 0 Å². The predicted molar refractivity (Wildman–Crippen MR) is 137 cm³/mol. The first-order chi connectivity index (χ1) is 17.0. The number of fused-ring (bicyclic) bond motifs is 2. The van der Waals surface area contributed by atoms with Gasteiger partial charge >= 0.3 is 0 Å². The van der Waals surface area contributed by atoms with Crippen molar-refractivity contribution >= 4 is 10.8 Å². The van der Waals surface area contributed by atoms with E-state index in [9.17, 15) is 5.11 Å². The molecule has 4 heterocycles. The van der Waals surface area contributed by atoms with E-state index in [-0.39, 0.29) is 22.7 Å². The normalized spacial score (nSPS) is 42.6. The molecule has 3 aliphatic heterocycles. The van der Waals surface area contributed by atoms with Crippen molar-refractivity contribution in [2.75, 3.05) is 13.1 Å². The molecule has 4 heteroatoms. The number of allylic oxidation sites excluding steroid dienone is 1. The van der Waals surface area contributed by atoms with Crippen LogP contribution in [0.15, 0.2) is 60.0 Å². The monoisotopic (exact) mass is 468 g/mol. The molecule has 4 nitrogen and oxygen atoms in total. The van der Waals surface area contributed by atoms with Crippen LogP contribution in [0.4, 0.5) is 0 Å². The first-order valence-corrected chi connectivity index (χ1v) is 13.9. The zero-order chi connectivity index (χ0) is 23.4. The molecule has 2 bridgehead atoms. The summed E-state index contributed by atoms with van der Waals surface area (Å²) in [5.74, 6) is 1.14. The Morgan fingerprint density at radius 2 is 2.00 bits per heavy atom. The number of ether oxygens (including phenoxy) is 1. The summed E-state index contributed by atoms with van der Waals surface area (Å²) in [4.78, 5) is 6.88. The number of nitrogens with zero attached hydrogens (tertiary/aromatic N) is 2. The number of hydrogen-bond acceptors (Lipinski definition) is 4. The first-order valence-electron chi connectivity index (χ1n) is 13.9. The van der Waals surface area contributed by atoms with Crippen LogP contribution in [0, 0.1) is 11.3 Å². The highest BCUT2D eigenvalue weighted by Gasteiger charge is 2.66. The molecule has 2 unspecified atom stereocenters. The average Bonchev–Trinajstić information content (AvgIpc) is 3.36. The number of likely N-dealkylation sites (tertiary alicyclic amines) is 1. The van der Waals surface area contributed by atoms with Gasteiger partial charge in [-0.1, -0.05) is 31.2 Å². The summed E-state index contributed by atoms with van der Waals surface area (Å²) in [6.45, 7) is 4.25. The molecular weight excluding hydrogens is 432 g/mol. The number of aliphatic hydroxyl groups excluding tert-OH is 1. The number of aliphatic hydroxyl groups is 1. The third-order valence-corrected chi connectivity index (χ3v) is 11.1. The summed E-state index contributed by atoms with van der Waals surface area (Å²) in [5, 5.41) is 12.4. The summed E-state index contributed by atoms with van der Waals surface area (Å²) in [5.41, 5.74) is 4.62. The van der Waals surface area contributed by atoms with Gasteiger partial charge in [-0.25, -0.2) is 0 Å². The lowest BCUT2D eigenvalue weighted by Crippen LogP contribution is -2.60. The smallest absolute Gasteiger partial charge is 0.0974 e. The fourth-order valence-corrected chi connectivity index (χ4v) is 9.35. The first kappa shape index (κ1) is 21.1. The van der Waals surface area contributed by atoms with E-state index in [0.29, 0.717) is 17.9 Å². The van der Waals surface area contributed by atoms with Gasteiger partial charge in [-0.15, -0.1) is 0 Å². The van der Waals surface area contributed by atoms with Crippen LogP contribution in [0.2, 0.25) is 0 Å². The van der Waals surface area contributed by atoms with Gasteiger partial charge in [-0.05, 0) is 103 Å². The Labute approximate surface area is 208 Å². The fraction of sp³-hybridized carbons (Fsp3) is 0.581. The second-order valence-electron chi connectivity index (χ2n) is 12.7. The lowest BCUT2D eigenvalue weighted by atomic mass is 9.58. The van der Waals surface area contributed by atoms with Crippen LogP contribution in [0.1, 0.15) is 69.8 Å². The summed E-state index contributed by atoms with van der Waals surface area (Å²) >= 11 is 0. The van der Waals surface area contributed by atoms with Crippen molar-refractivity contribution in [2.45, 2.75) is 87.6 Å². The molecular formula is C31H36N2O2. The molecule has 3 aliphatic carbocycles. The van der Waals surface area contributed by atoms with E-state index in [1.807, 2.05) is 12.4 Å². The Hall–Kier alpha value is -2.01. The van der Waals surface area contributed by atoms with E-state index in [4.69, 9.17) is 4.74 Å². The molecule has 0 amide bonds. The lowest BCUT2D eigenvalue weighted by Gasteiger charge is -2.55. The predicted octanol–water partition coefficient (Wildman–Crippen LogP) is 5.52. The Kier molecular flexibility index (Phi) is 4.26. The third-order valence-electron chi connectivity index (χ3n) is 11.1.